The zero-order chi connectivity index (χ0) is 15.5. The van der Waals surface area contributed by atoms with Crippen molar-refractivity contribution in [1.82, 2.24) is 5.32 Å². The SMILES string of the molecule is CCCCC(CN)NC(=O)c1cccc(OCCOC)c1. The third-order valence-electron chi connectivity index (χ3n) is 3.18. The molecule has 5 heteroatoms. The van der Waals surface area contributed by atoms with Gasteiger partial charge < -0.3 is 20.5 Å². The molecule has 0 aliphatic carbocycles. The first kappa shape index (κ1) is 17.5. The predicted octanol–water partition coefficient (Wildman–Crippen LogP) is 1.96. The molecule has 21 heavy (non-hydrogen) atoms. The quantitative estimate of drug-likeness (QED) is 0.647. The molecule has 1 atom stereocenters. The molecule has 0 heterocycles. The lowest BCUT2D eigenvalue weighted by Gasteiger charge is -2.16. The van der Waals surface area contributed by atoms with E-state index in [-0.39, 0.29) is 11.9 Å². The monoisotopic (exact) mass is 294 g/mol. The standard InChI is InChI=1S/C16H26N2O3/c1-3-4-7-14(12-17)18-16(19)13-6-5-8-15(11-13)21-10-9-20-2/h5-6,8,11,14H,3-4,7,9-10,12,17H2,1-2H3,(H,18,19). The molecule has 0 fully saturated rings. The van der Waals surface area contributed by atoms with Crippen LogP contribution in [0.3, 0.4) is 0 Å². The predicted molar refractivity (Wildman–Crippen MR) is 83.6 cm³/mol. The highest BCUT2D eigenvalue weighted by Crippen LogP contribution is 2.13. The molecule has 0 saturated heterocycles. The number of nitrogens with one attached hydrogen (secondary N) is 1. The van der Waals surface area contributed by atoms with Crippen LogP contribution in [0.2, 0.25) is 0 Å². The molecular weight excluding hydrogens is 268 g/mol. The van der Waals surface area contributed by atoms with Crippen molar-refractivity contribution in [3.8, 4) is 5.75 Å². The Morgan fingerprint density at radius 1 is 1.38 bits per heavy atom. The van der Waals surface area contributed by atoms with Crippen LogP contribution in [-0.2, 0) is 4.74 Å². The lowest BCUT2D eigenvalue weighted by molar-refractivity contribution is 0.0935. The average Bonchev–Trinajstić information content (AvgIpc) is 2.51. The van der Waals surface area contributed by atoms with Crippen LogP contribution in [0, 0.1) is 0 Å². The van der Waals surface area contributed by atoms with Crippen LogP contribution in [0.15, 0.2) is 24.3 Å². The number of hydrogen-bond donors (Lipinski definition) is 2. The van der Waals surface area contributed by atoms with Gasteiger partial charge in [0.2, 0.25) is 0 Å². The Balaban J connectivity index is 2.58. The number of unbranched alkanes of at least 4 members (excludes halogenated alkanes) is 1. The summed E-state index contributed by atoms with van der Waals surface area (Å²) in [7, 11) is 1.62. The van der Waals surface area contributed by atoms with Gasteiger partial charge in [0.1, 0.15) is 12.4 Å². The minimum atomic E-state index is -0.112. The molecule has 5 nitrogen and oxygen atoms in total. The maximum atomic E-state index is 12.2. The van der Waals surface area contributed by atoms with Crippen LogP contribution in [0.25, 0.3) is 0 Å². The molecule has 0 aromatic heterocycles. The van der Waals surface area contributed by atoms with Gasteiger partial charge in [-0.3, -0.25) is 4.79 Å². The molecular formula is C16H26N2O3. The molecule has 1 rings (SSSR count). The fourth-order valence-electron chi connectivity index (χ4n) is 1.94. The Hall–Kier alpha value is -1.59. The van der Waals surface area contributed by atoms with E-state index in [2.05, 4.69) is 12.2 Å². The largest absolute Gasteiger partial charge is 0.491 e. The van der Waals surface area contributed by atoms with Crippen LogP contribution in [0.4, 0.5) is 0 Å². The zero-order valence-corrected chi connectivity index (χ0v) is 12.9. The van der Waals surface area contributed by atoms with E-state index in [0.29, 0.717) is 31.1 Å². The number of hydrogen-bond acceptors (Lipinski definition) is 4. The fraction of sp³-hybridized carbons (Fsp3) is 0.562. The van der Waals surface area contributed by atoms with Gasteiger partial charge >= 0.3 is 0 Å². The van der Waals surface area contributed by atoms with Crippen LogP contribution < -0.4 is 15.8 Å². The summed E-state index contributed by atoms with van der Waals surface area (Å²) >= 11 is 0. The highest BCUT2D eigenvalue weighted by atomic mass is 16.5. The molecule has 0 radical (unpaired) electrons. The lowest BCUT2D eigenvalue weighted by atomic mass is 10.1. The molecule has 1 amide bonds. The number of benzene rings is 1. The van der Waals surface area contributed by atoms with E-state index < -0.39 is 0 Å². The normalized spacial score (nSPS) is 12.0. The van der Waals surface area contributed by atoms with Crippen molar-refractivity contribution in [3.05, 3.63) is 29.8 Å². The first-order chi connectivity index (χ1) is 10.2. The maximum absolute atomic E-state index is 12.2. The van der Waals surface area contributed by atoms with E-state index in [1.54, 1.807) is 25.3 Å². The van der Waals surface area contributed by atoms with Gasteiger partial charge in [0.25, 0.3) is 5.91 Å². The summed E-state index contributed by atoms with van der Waals surface area (Å²) in [5.74, 6) is 0.552. The van der Waals surface area contributed by atoms with Gasteiger partial charge in [0.15, 0.2) is 0 Å². The van der Waals surface area contributed by atoms with Crippen molar-refractivity contribution in [1.29, 1.82) is 0 Å². The summed E-state index contributed by atoms with van der Waals surface area (Å²) in [6.45, 7) is 3.55. The fourth-order valence-corrected chi connectivity index (χ4v) is 1.94. The van der Waals surface area contributed by atoms with E-state index >= 15 is 0 Å². The van der Waals surface area contributed by atoms with Crippen LogP contribution in [0.5, 0.6) is 5.75 Å². The summed E-state index contributed by atoms with van der Waals surface area (Å²) < 4.78 is 10.4. The third-order valence-corrected chi connectivity index (χ3v) is 3.18. The third kappa shape index (κ3) is 6.60. The second kappa shape index (κ2) is 10.2. The van der Waals surface area contributed by atoms with Crippen molar-refractivity contribution in [2.75, 3.05) is 26.9 Å². The molecule has 118 valence electrons. The summed E-state index contributed by atoms with van der Waals surface area (Å²) in [6.07, 6.45) is 3.06. The maximum Gasteiger partial charge on any atom is 0.251 e. The van der Waals surface area contributed by atoms with Crippen molar-refractivity contribution in [3.63, 3.8) is 0 Å². The minimum Gasteiger partial charge on any atom is -0.491 e. The van der Waals surface area contributed by atoms with E-state index in [0.717, 1.165) is 19.3 Å². The Labute approximate surface area is 126 Å². The molecule has 0 bridgehead atoms. The van der Waals surface area contributed by atoms with Gasteiger partial charge in [-0.2, -0.15) is 0 Å². The van der Waals surface area contributed by atoms with E-state index in [4.69, 9.17) is 15.2 Å². The minimum absolute atomic E-state index is 0.0236. The molecule has 1 unspecified atom stereocenters. The Morgan fingerprint density at radius 2 is 2.19 bits per heavy atom. The number of nitrogens with two attached hydrogens (primary N) is 1. The van der Waals surface area contributed by atoms with Gasteiger partial charge in [0.05, 0.1) is 6.61 Å². The number of ether oxygens (including phenoxy) is 2. The van der Waals surface area contributed by atoms with Gasteiger partial charge in [-0.1, -0.05) is 25.8 Å². The zero-order valence-electron chi connectivity index (χ0n) is 12.9. The average molecular weight is 294 g/mol. The molecule has 0 spiro atoms. The van der Waals surface area contributed by atoms with Gasteiger partial charge in [-0.15, -0.1) is 0 Å². The first-order valence-corrected chi connectivity index (χ1v) is 7.44. The van der Waals surface area contributed by atoms with Gasteiger partial charge in [-0.25, -0.2) is 0 Å². The van der Waals surface area contributed by atoms with Crippen LogP contribution in [-0.4, -0.2) is 38.8 Å². The van der Waals surface area contributed by atoms with Crippen molar-refractivity contribution in [2.45, 2.75) is 32.2 Å². The Morgan fingerprint density at radius 3 is 2.86 bits per heavy atom. The lowest BCUT2D eigenvalue weighted by Crippen LogP contribution is -2.40. The Kier molecular flexibility index (Phi) is 8.47. The molecule has 0 saturated carbocycles. The second-order valence-electron chi connectivity index (χ2n) is 4.92. The van der Waals surface area contributed by atoms with E-state index in [9.17, 15) is 4.79 Å². The van der Waals surface area contributed by atoms with Gasteiger partial charge in [0, 0.05) is 25.3 Å². The van der Waals surface area contributed by atoms with E-state index in [1.165, 1.54) is 0 Å². The molecule has 1 aromatic rings. The molecule has 1 aromatic carbocycles. The summed E-state index contributed by atoms with van der Waals surface area (Å²) in [5, 5.41) is 2.97. The van der Waals surface area contributed by atoms with Crippen molar-refractivity contribution >= 4 is 5.91 Å². The Bertz CT molecular complexity index is 424. The summed E-state index contributed by atoms with van der Waals surface area (Å²) in [5.41, 5.74) is 6.28. The number of rotatable bonds is 10. The molecule has 0 aliphatic heterocycles. The number of amides is 1. The van der Waals surface area contributed by atoms with E-state index in [1.807, 2.05) is 6.07 Å². The smallest absolute Gasteiger partial charge is 0.251 e. The topological polar surface area (TPSA) is 73.6 Å². The molecule has 3 N–H and O–H groups in total. The number of methoxy groups -OCH3 is 1. The van der Waals surface area contributed by atoms with Crippen LogP contribution >= 0.6 is 0 Å². The number of carbonyl (C=O) groups is 1. The van der Waals surface area contributed by atoms with Crippen molar-refractivity contribution in [2.24, 2.45) is 5.73 Å². The summed E-state index contributed by atoms with van der Waals surface area (Å²) in [6, 6.07) is 7.16. The highest BCUT2D eigenvalue weighted by Gasteiger charge is 2.12. The second-order valence-corrected chi connectivity index (χ2v) is 4.92. The van der Waals surface area contributed by atoms with Crippen LogP contribution in [0.1, 0.15) is 36.5 Å². The van der Waals surface area contributed by atoms with Gasteiger partial charge in [-0.05, 0) is 24.6 Å². The van der Waals surface area contributed by atoms with Crippen molar-refractivity contribution < 1.29 is 14.3 Å². The summed E-state index contributed by atoms with van der Waals surface area (Å²) in [4.78, 5) is 12.2. The molecule has 0 aliphatic rings. The highest BCUT2D eigenvalue weighted by molar-refractivity contribution is 5.94. The first-order valence-electron chi connectivity index (χ1n) is 7.44. The number of carbonyl (C=O) groups excluding carboxylic acids is 1.